The number of hydrogen-bond donors (Lipinski definition) is 1. The Kier molecular flexibility index (Phi) is 5.60. The van der Waals surface area contributed by atoms with E-state index in [2.05, 4.69) is 15.5 Å². The Morgan fingerprint density at radius 2 is 1.73 bits per heavy atom. The molecule has 154 valence electrons. The molecule has 8 nitrogen and oxygen atoms in total. The van der Waals surface area contributed by atoms with Crippen molar-refractivity contribution >= 4 is 43.8 Å². The van der Waals surface area contributed by atoms with Gasteiger partial charge in [0.05, 0.1) is 4.90 Å². The minimum atomic E-state index is -3.74. The summed E-state index contributed by atoms with van der Waals surface area (Å²) >= 11 is 1.15. The SMILES string of the molecule is O=C(CS(=O)(=O)c1ccccc1)Nc1nnc([C@H]2CC(=O)N(c3ccccc3)C2)s1. The highest BCUT2D eigenvalue weighted by atomic mass is 32.2. The zero-order valence-corrected chi connectivity index (χ0v) is 17.4. The van der Waals surface area contributed by atoms with Gasteiger partial charge in [0.1, 0.15) is 10.8 Å². The number of aromatic nitrogens is 2. The summed E-state index contributed by atoms with van der Waals surface area (Å²) in [5, 5.41) is 11.4. The number of nitrogens with one attached hydrogen (secondary N) is 1. The Balaban J connectivity index is 1.40. The molecule has 1 aromatic heterocycles. The van der Waals surface area contributed by atoms with Gasteiger partial charge in [0, 0.05) is 24.6 Å². The second-order valence-electron chi connectivity index (χ2n) is 6.81. The first-order valence-corrected chi connectivity index (χ1v) is 11.7. The molecule has 0 spiro atoms. The molecule has 1 aliphatic heterocycles. The van der Waals surface area contributed by atoms with E-state index in [1.54, 1.807) is 23.1 Å². The summed E-state index contributed by atoms with van der Waals surface area (Å²) in [6, 6.07) is 17.2. The second-order valence-corrected chi connectivity index (χ2v) is 9.81. The van der Waals surface area contributed by atoms with Crippen molar-refractivity contribution in [2.24, 2.45) is 0 Å². The molecular formula is C20H18N4O4S2. The van der Waals surface area contributed by atoms with Crippen molar-refractivity contribution in [1.82, 2.24) is 10.2 Å². The molecule has 2 heterocycles. The normalized spacial score (nSPS) is 16.6. The van der Waals surface area contributed by atoms with Crippen molar-refractivity contribution in [2.45, 2.75) is 17.2 Å². The van der Waals surface area contributed by atoms with E-state index in [1.807, 2.05) is 30.3 Å². The predicted octanol–water partition coefficient (Wildman–Crippen LogP) is 2.47. The molecule has 0 saturated carbocycles. The monoisotopic (exact) mass is 442 g/mol. The van der Waals surface area contributed by atoms with Crippen molar-refractivity contribution in [3.63, 3.8) is 0 Å². The molecule has 1 atom stereocenters. The van der Waals surface area contributed by atoms with Crippen LogP contribution in [-0.2, 0) is 19.4 Å². The molecule has 1 aliphatic rings. The van der Waals surface area contributed by atoms with Gasteiger partial charge in [0.15, 0.2) is 9.84 Å². The third-order valence-corrected chi connectivity index (χ3v) is 7.29. The number of hydrogen-bond acceptors (Lipinski definition) is 7. The lowest BCUT2D eigenvalue weighted by molar-refractivity contribution is -0.117. The molecule has 10 heteroatoms. The number of carbonyl (C=O) groups is 2. The molecule has 0 unspecified atom stereocenters. The van der Waals surface area contributed by atoms with Crippen LogP contribution in [0.1, 0.15) is 17.3 Å². The van der Waals surface area contributed by atoms with Gasteiger partial charge in [-0.15, -0.1) is 10.2 Å². The van der Waals surface area contributed by atoms with E-state index in [0.29, 0.717) is 18.0 Å². The third kappa shape index (κ3) is 4.39. The molecule has 0 radical (unpaired) electrons. The highest BCUT2D eigenvalue weighted by Crippen LogP contribution is 2.34. The van der Waals surface area contributed by atoms with Crippen molar-refractivity contribution in [3.05, 3.63) is 65.7 Å². The predicted molar refractivity (Wildman–Crippen MR) is 113 cm³/mol. The van der Waals surface area contributed by atoms with Crippen LogP contribution >= 0.6 is 11.3 Å². The fourth-order valence-corrected chi connectivity index (χ4v) is 5.23. The topological polar surface area (TPSA) is 109 Å². The van der Waals surface area contributed by atoms with E-state index in [9.17, 15) is 18.0 Å². The number of rotatable bonds is 6. The Morgan fingerprint density at radius 3 is 2.43 bits per heavy atom. The lowest BCUT2D eigenvalue weighted by atomic mass is 10.1. The second kappa shape index (κ2) is 8.33. The van der Waals surface area contributed by atoms with E-state index in [0.717, 1.165) is 17.0 Å². The minimum absolute atomic E-state index is 0.000870. The van der Waals surface area contributed by atoms with Gasteiger partial charge in [-0.1, -0.05) is 47.7 Å². The van der Waals surface area contributed by atoms with E-state index >= 15 is 0 Å². The summed E-state index contributed by atoms with van der Waals surface area (Å²) in [6.07, 6.45) is 0.305. The lowest BCUT2D eigenvalue weighted by Crippen LogP contribution is -2.24. The zero-order chi connectivity index (χ0) is 21.1. The number of anilines is 2. The third-order valence-electron chi connectivity index (χ3n) is 4.65. The van der Waals surface area contributed by atoms with Crippen LogP contribution in [0.2, 0.25) is 0 Å². The van der Waals surface area contributed by atoms with Crippen molar-refractivity contribution < 1.29 is 18.0 Å². The molecular weight excluding hydrogens is 424 g/mol. The molecule has 1 N–H and O–H groups in total. The number of para-hydroxylation sites is 1. The van der Waals surface area contributed by atoms with Crippen LogP contribution in [-0.4, -0.2) is 42.7 Å². The average molecular weight is 443 g/mol. The maximum absolute atomic E-state index is 12.4. The molecule has 0 bridgehead atoms. The molecule has 2 amide bonds. The van der Waals surface area contributed by atoms with Gasteiger partial charge in [-0.3, -0.25) is 14.9 Å². The summed E-state index contributed by atoms with van der Waals surface area (Å²) in [4.78, 5) is 26.4. The number of carbonyl (C=O) groups excluding carboxylic acids is 2. The zero-order valence-electron chi connectivity index (χ0n) is 15.8. The van der Waals surface area contributed by atoms with Gasteiger partial charge in [0.25, 0.3) is 0 Å². The Morgan fingerprint density at radius 1 is 1.07 bits per heavy atom. The number of amides is 2. The first-order valence-electron chi connectivity index (χ1n) is 9.19. The average Bonchev–Trinajstić information content (AvgIpc) is 3.35. The lowest BCUT2D eigenvalue weighted by Gasteiger charge is -2.15. The Labute approximate surface area is 177 Å². The maximum Gasteiger partial charge on any atom is 0.241 e. The molecule has 3 aromatic rings. The summed E-state index contributed by atoms with van der Waals surface area (Å²) in [5.74, 6) is -1.50. The number of benzene rings is 2. The fourth-order valence-electron chi connectivity index (χ4n) is 3.22. The van der Waals surface area contributed by atoms with Crippen LogP contribution in [0.15, 0.2) is 65.6 Å². The highest BCUT2D eigenvalue weighted by molar-refractivity contribution is 7.92. The number of sulfone groups is 1. The van der Waals surface area contributed by atoms with Crippen LogP contribution in [0.5, 0.6) is 0 Å². The van der Waals surface area contributed by atoms with Gasteiger partial charge in [-0.05, 0) is 24.3 Å². The first kappa shape index (κ1) is 20.2. The number of nitrogens with zero attached hydrogens (tertiary/aromatic N) is 3. The summed E-state index contributed by atoms with van der Waals surface area (Å²) in [7, 11) is -3.74. The quantitative estimate of drug-likeness (QED) is 0.628. The molecule has 1 saturated heterocycles. The molecule has 1 fully saturated rings. The van der Waals surface area contributed by atoms with Crippen LogP contribution in [0.4, 0.5) is 10.8 Å². The van der Waals surface area contributed by atoms with Gasteiger partial charge >= 0.3 is 0 Å². The van der Waals surface area contributed by atoms with E-state index in [-0.39, 0.29) is 21.9 Å². The standard InChI is InChI=1S/C20H18N4O4S2/c25-17(13-30(27,28)16-9-5-2-6-10-16)21-20-23-22-19(29-20)14-11-18(26)24(12-14)15-7-3-1-4-8-15/h1-10,14H,11-13H2,(H,21,23,25)/t14-/m0/s1. The van der Waals surface area contributed by atoms with Gasteiger partial charge in [-0.2, -0.15) is 0 Å². The Hall–Kier alpha value is -3.11. The van der Waals surface area contributed by atoms with Crippen molar-refractivity contribution in [3.8, 4) is 0 Å². The van der Waals surface area contributed by atoms with E-state index in [1.165, 1.54) is 12.1 Å². The van der Waals surface area contributed by atoms with Crippen LogP contribution in [0.25, 0.3) is 0 Å². The first-order chi connectivity index (χ1) is 14.4. The highest BCUT2D eigenvalue weighted by Gasteiger charge is 2.34. The van der Waals surface area contributed by atoms with Crippen molar-refractivity contribution in [2.75, 3.05) is 22.5 Å². The van der Waals surface area contributed by atoms with Gasteiger partial charge in [0.2, 0.25) is 16.9 Å². The molecule has 4 rings (SSSR count). The van der Waals surface area contributed by atoms with Crippen molar-refractivity contribution in [1.29, 1.82) is 0 Å². The van der Waals surface area contributed by atoms with Gasteiger partial charge < -0.3 is 4.90 Å². The summed E-state index contributed by atoms with van der Waals surface area (Å²) in [5.41, 5.74) is 0.828. The maximum atomic E-state index is 12.4. The van der Waals surface area contributed by atoms with Crippen LogP contribution in [0, 0.1) is 0 Å². The van der Waals surface area contributed by atoms with Gasteiger partial charge in [-0.25, -0.2) is 8.42 Å². The largest absolute Gasteiger partial charge is 0.312 e. The van der Waals surface area contributed by atoms with E-state index in [4.69, 9.17) is 0 Å². The fraction of sp³-hybridized carbons (Fsp3) is 0.200. The molecule has 0 aliphatic carbocycles. The smallest absolute Gasteiger partial charge is 0.241 e. The van der Waals surface area contributed by atoms with Crippen LogP contribution < -0.4 is 10.2 Å². The molecule has 2 aromatic carbocycles. The summed E-state index contributed by atoms with van der Waals surface area (Å²) in [6.45, 7) is 0.480. The summed E-state index contributed by atoms with van der Waals surface area (Å²) < 4.78 is 24.6. The molecule has 30 heavy (non-hydrogen) atoms. The Bertz CT molecular complexity index is 1160. The van der Waals surface area contributed by atoms with E-state index < -0.39 is 21.5 Å². The van der Waals surface area contributed by atoms with Crippen LogP contribution in [0.3, 0.4) is 0 Å². The minimum Gasteiger partial charge on any atom is -0.312 e.